The Bertz CT molecular complexity index is 889. The lowest BCUT2D eigenvalue weighted by molar-refractivity contribution is 0.0750. The highest BCUT2D eigenvalue weighted by Gasteiger charge is 2.26. The van der Waals surface area contributed by atoms with E-state index < -0.39 is 0 Å². The van der Waals surface area contributed by atoms with Gasteiger partial charge in [0, 0.05) is 38.6 Å². The molecule has 0 unspecified atom stereocenters. The summed E-state index contributed by atoms with van der Waals surface area (Å²) < 4.78 is 0. The van der Waals surface area contributed by atoms with Gasteiger partial charge in [-0.3, -0.25) is 9.78 Å². The molecule has 26 heavy (non-hydrogen) atoms. The first-order chi connectivity index (χ1) is 12.7. The largest absolute Gasteiger partial charge is 0.353 e. The number of aromatic nitrogens is 3. The Morgan fingerprint density at radius 1 is 1.00 bits per heavy atom. The summed E-state index contributed by atoms with van der Waals surface area (Å²) in [5.74, 6) is 1.02. The van der Waals surface area contributed by atoms with Crippen molar-refractivity contribution in [3.63, 3.8) is 0 Å². The van der Waals surface area contributed by atoms with Crippen LogP contribution in [0.5, 0.6) is 0 Å². The Morgan fingerprint density at radius 2 is 1.73 bits per heavy atom. The van der Waals surface area contributed by atoms with Gasteiger partial charge >= 0.3 is 0 Å². The molecule has 4 heterocycles. The van der Waals surface area contributed by atoms with E-state index in [1.165, 1.54) is 11.3 Å². The van der Waals surface area contributed by atoms with Gasteiger partial charge in [-0.1, -0.05) is 12.1 Å². The number of thiazole rings is 1. The van der Waals surface area contributed by atoms with Gasteiger partial charge in [-0.2, -0.15) is 0 Å². The van der Waals surface area contributed by atoms with E-state index in [1.54, 1.807) is 12.4 Å². The lowest BCUT2D eigenvalue weighted by Gasteiger charge is -2.35. The van der Waals surface area contributed by atoms with Crippen LogP contribution in [0.4, 0.5) is 5.82 Å². The van der Waals surface area contributed by atoms with E-state index in [4.69, 9.17) is 0 Å². The van der Waals surface area contributed by atoms with E-state index in [0.29, 0.717) is 18.0 Å². The Labute approximate surface area is 156 Å². The van der Waals surface area contributed by atoms with Crippen molar-refractivity contribution in [3.8, 4) is 10.7 Å². The molecule has 0 radical (unpaired) electrons. The summed E-state index contributed by atoms with van der Waals surface area (Å²) in [4.78, 5) is 31.0. The molecule has 132 valence electrons. The third-order valence-corrected chi connectivity index (χ3v) is 5.58. The van der Waals surface area contributed by atoms with Crippen molar-refractivity contribution in [2.24, 2.45) is 0 Å². The quantitative estimate of drug-likeness (QED) is 0.714. The molecule has 7 heteroatoms. The summed E-state index contributed by atoms with van der Waals surface area (Å²) in [6, 6.07) is 11.6. The lowest BCUT2D eigenvalue weighted by Crippen LogP contribution is -2.49. The van der Waals surface area contributed by atoms with E-state index in [1.807, 2.05) is 48.2 Å². The van der Waals surface area contributed by atoms with E-state index in [2.05, 4.69) is 19.9 Å². The fourth-order valence-corrected chi connectivity index (χ4v) is 4.03. The smallest absolute Gasteiger partial charge is 0.265 e. The molecule has 1 aliphatic heterocycles. The summed E-state index contributed by atoms with van der Waals surface area (Å²) in [6.07, 6.45) is 3.54. The summed E-state index contributed by atoms with van der Waals surface area (Å²) in [6.45, 7) is 4.83. The monoisotopic (exact) mass is 365 g/mol. The van der Waals surface area contributed by atoms with Crippen LogP contribution >= 0.6 is 11.3 Å². The highest BCUT2D eigenvalue weighted by molar-refractivity contribution is 7.17. The molecule has 6 nitrogen and oxygen atoms in total. The molecule has 4 rings (SSSR count). The number of anilines is 1. The number of carbonyl (C=O) groups excluding carboxylic acids is 1. The third-order valence-electron chi connectivity index (χ3n) is 4.42. The van der Waals surface area contributed by atoms with E-state index >= 15 is 0 Å². The van der Waals surface area contributed by atoms with Crippen molar-refractivity contribution in [3.05, 3.63) is 59.4 Å². The van der Waals surface area contributed by atoms with Crippen LogP contribution in [-0.2, 0) is 0 Å². The van der Waals surface area contributed by atoms with E-state index in [9.17, 15) is 4.79 Å². The van der Waals surface area contributed by atoms with Gasteiger partial charge in [-0.05, 0) is 31.2 Å². The van der Waals surface area contributed by atoms with Crippen LogP contribution in [0.1, 0.15) is 15.4 Å². The van der Waals surface area contributed by atoms with Crippen LogP contribution in [0, 0.1) is 6.92 Å². The number of pyridine rings is 2. The SMILES string of the molecule is Cc1nc(-c2ccccn2)sc1C(=O)N1CCN(c2ccccn2)CC1. The lowest BCUT2D eigenvalue weighted by atomic mass is 10.2. The molecule has 0 atom stereocenters. The molecule has 1 fully saturated rings. The summed E-state index contributed by atoms with van der Waals surface area (Å²) >= 11 is 1.42. The first-order valence-corrected chi connectivity index (χ1v) is 9.38. The van der Waals surface area contributed by atoms with Gasteiger partial charge in [0.1, 0.15) is 15.7 Å². The number of rotatable bonds is 3. The molecular formula is C19H19N5OS. The Hall–Kier alpha value is -2.80. The Kier molecular flexibility index (Phi) is 4.62. The topological polar surface area (TPSA) is 62.2 Å². The minimum absolute atomic E-state index is 0.0582. The van der Waals surface area contributed by atoms with Crippen LogP contribution in [0.2, 0.25) is 0 Å². The molecule has 0 bridgehead atoms. The zero-order chi connectivity index (χ0) is 17.9. The van der Waals surface area contributed by atoms with Crippen LogP contribution < -0.4 is 4.90 Å². The molecule has 1 amide bonds. The van der Waals surface area contributed by atoms with Gasteiger partial charge < -0.3 is 9.80 Å². The number of carbonyl (C=O) groups is 1. The second-order valence-electron chi connectivity index (χ2n) is 6.12. The van der Waals surface area contributed by atoms with Gasteiger partial charge in [-0.25, -0.2) is 9.97 Å². The maximum atomic E-state index is 13.0. The predicted octanol–water partition coefficient (Wildman–Crippen LogP) is 2.87. The first-order valence-electron chi connectivity index (χ1n) is 8.56. The minimum atomic E-state index is 0.0582. The molecule has 0 spiro atoms. The third kappa shape index (κ3) is 3.30. The fraction of sp³-hybridized carbons (Fsp3) is 0.263. The van der Waals surface area contributed by atoms with Crippen molar-refractivity contribution in [2.45, 2.75) is 6.92 Å². The van der Waals surface area contributed by atoms with Gasteiger partial charge in [0.15, 0.2) is 0 Å². The van der Waals surface area contributed by atoms with Gasteiger partial charge in [0.25, 0.3) is 5.91 Å². The number of hydrogen-bond donors (Lipinski definition) is 0. The molecular weight excluding hydrogens is 346 g/mol. The summed E-state index contributed by atoms with van der Waals surface area (Å²) in [5, 5.41) is 0.790. The second-order valence-corrected chi connectivity index (χ2v) is 7.11. The predicted molar refractivity (Wildman–Crippen MR) is 102 cm³/mol. The molecule has 1 aliphatic rings. The highest BCUT2D eigenvalue weighted by atomic mass is 32.1. The zero-order valence-electron chi connectivity index (χ0n) is 14.5. The van der Waals surface area contributed by atoms with Crippen molar-refractivity contribution < 1.29 is 4.79 Å². The first kappa shape index (κ1) is 16.7. The number of hydrogen-bond acceptors (Lipinski definition) is 6. The van der Waals surface area contributed by atoms with Crippen LogP contribution in [0.25, 0.3) is 10.7 Å². The number of amides is 1. The van der Waals surface area contributed by atoms with Gasteiger partial charge in [0.2, 0.25) is 0 Å². The van der Waals surface area contributed by atoms with E-state index in [0.717, 1.165) is 35.3 Å². The average molecular weight is 365 g/mol. The van der Waals surface area contributed by atoms with Crippen molar-refractivity contribution >= 4 is 23.1 Å². The molecule has 0 aromatic carbocycles. The number of piperazine rings is 1. The molecule has 0 N–H and O–H groups in total. The van der Waals surface area contributed by atoms with Crippen molar-refractivity contribution in [1.82, 2.24) is 19.9 Å². The van der Waals surface area contributed by atoms with Crippen LogP contribution in [-0.4, -0.2) is 51.9 Å². The number of nitrogens with zero attached hydrogens (tertiary/aromatic N) is 5. The summed E-state index contributed by atoms with van der Waals surface area (Å²) in [7, 11) is 0. The minimum Gasteiger partial charge on any atom is -0.353 e. The normalized spacial score (nSPS) is 14.5. The number of aryl methyl sites for hydroxylation is 1. The zero-order valence-corrected chi connectivity index (χ0v) is 15.3. The standard InChI is InChI=1S/C19H19N5OS/c1-14-17(26-18(22-14)15-6-2-4-8-20-15)19(25)24-12-10-23(11-13-24)16-7-3-5-9-21-16/h2-9H,10-13H2,1H3. The second kappa shape index (κ2) is 7.21. The van der Waals surface area contributed by atoms with Crippen molar-refractivity contribution in [1.29, 1.82) is 0 Å². The maximum absolute atomic E-state index is 13.0. The van der Waals surface area contributed by atoms with Crippen LogP contribution in [0.15, 0.2) is 48.8 Å². The molecule has 1 saturated heterocycles. The van der Waals surface area contributed by atoms with E-state index in [-0.39, 0.29) is 5.91 Å². The highest BCUT2D eigenvalue weighted by Crippen LogP contribution is 2.28. The molecule has 0 saturated carbocycles. The average Bonchev–Trinajstić information content (AvgIpc) is 3.10. The molecule has 3 aromatic rings. The van der Waals surface area contributed by atoms with Gasteiger partial charge in [-0.15, -0.1) is 11.3 Å². The molecule has 3 aromatic heterocycles. The Morgan fingerprint density at radius 3 is 2.38 bits per heavy atom. The summed E-state index contributed by atoms with van der Waals surface area (Å²) in [5.41, 5.74) is 1.58. The molecule has 0 aliphatic carbocycles. The Balaban J connectivity index is 1.47. The maximum Gasteiger partial charge on any atom is 0.265 e. The van der Waals surface area contributed by atoms with Crippen LogP contribution in [0.3, 0.4) is 0 Å². The van der Waals surface area contributed by atoms with Crippen molar-refractivity contribution in [2.75, 3.05) is 31.1 Å². The fourth-order valence-electron chi connectivity index (χ4n) is 3.02. The van der Waals surface area contributed by atoms with Gasteiger partial charge in [0.05, 0.1) is 11.4 Å².